The maximum atomic E-state index is 14.5. The number of ether oxygens (including phenoxy) is 1. The van der Waals surface area contributed by atoms with Gasteiger partial charge in [0.2, 0.25) is 17.9 Å². The van der Waals surface area contributed by atoms with Crippen LogP contribution >= 0.6 is 0 Å². The van der Waals surface area contributed by atoms with E-state index in [0.717, 1.165) is 12.8 Å². The topological polar surface area (TPSA) is 155 Å². The van der Waals surface area contributed by atoms with Gasteiger partial charge in [0, 0.05) is 37.5 Å². The Bertz CT molecular complexity index is 1340. The molecule has 1 aromatic carbocycles. The lowest BCUT2D eigenvalue weighted by atomic mass is 9.76. The Balaban J connectivity index is 1.41. The second-order valence-corrected chi connectivity index (χ2v) is 10.5. The van der Waals surface area contributed by atoms with Crippen LogP contribution in [0.3, 0.4) is 0 Å². The summed E-state index contributed by atoms with van der Waals surface area (Å²) >= 11 is 0. The fraction of sp³-hybridized carbons (Fsp3) is 0.500. The number of piperidine rings is 1. The van der Waals surface area contributed by atoms with Gasteiger partial charge in [-0.2, -0.15) is 28.2 Å². The molecule has 2 saturated heterocycles. The average Bonchev–Trinajstić information content (AvgIpc) is 3.53. The summed E-state index contributed by atoms with van der Waals surface area (Å²) < 4.78 is 50.2. The van der Waals surface area contributed by atoms with Gasteiger partial charge in [0.25, 0.3) is 0 Å². The van der Waals surface area contributed by atoms with Gasteiger partial charge in [-0.1, -0.05) is 12.1 Å². The normalized spacial score (nSPS) is 19.9. The molecule has 3 aromatic rings. The van der Waals surface area contributed by atoms with Gasteiger partial charge < -0.3 is 36.0 Å². The number of nitrogen functional groups attached to an aromatic ring is 1. The quantitative estimate of drug-likeness (QED) is 0.270. The Morgan fingerprint density at radius 1 is 1.18 bits per heavy atom. The lowest BCUT2D eigenvalue weighted by Gasteiger charge is -2.39. The summed E-state index contributed by atoms with van der Waals surface area (Å²) in [5.41, 5.74) is 6.74. The number of hydrogen-bond acceptors (Lipinski definition) is 10. The third-order valence-electron chi connectivity index (χ3n) is 7.67. The summed E-state index contributed by atoms with van der Waals surface area (Å²) in [7, 11) is 0. The predicted octanol–water partition coefficient (Wildman–Crippen LogP) is 1.99. The highest BCUT2D eigenvalue weighted by Crippen LogP contribution is 2.42. The van der Waals surface area contributed by atoms with Crippen molar-refractivity contribution in [2.45, 2.75) is 57.4 Å². The average molecular weight is 564 g/mol. The zero-order valence-electron chi connectivity index (χ0n) is 21.8. The molecule has 2 aromatic heterocycles. The highest BCUT2D eigenvalue weighted by Gasteiger charge is 2.46. The third-order valence-corrected chi connectivity index (χ3v) is 7.67. The zero-order chi connectivity index (χ0) is 28.7. The molecule has 2 atom stereocenters. The number of aliphatic hydroxyl groups is 3. The summed E-state index contributed by atoms with van der Waals surface area (Å²) in [4.78, 5) is 10.1. The van der Waals surface area contributed by atoms with Crippen LogP contribution in [0.15, 0.2) is 36.5 Å². The highest BCUT2D eigenvalue weighted by atomic mass is 19.4. The third kappa shape index (κ3) is 5.84. The summed E-state index contributed by atoms with van der Waals surface area (Å²) in [5.74, 6) is -0.204. The van der Waals surface area contributed by atoms with Crippen LogP contribution in [-0.4, -0.2) is 73.2 Å². The number of nitrogens with one attached hydrogen (secondary N) is 1. The second-order valence-electron chi connectivity index (χ2n) is 10.5. The van der Waals surface area contributed by atoms with Crippen LogP contribution in [0.4, 0.5) is 24.9 Å². The summed E-state index contributed by atoms with van der Waals surface area (Å²) in [6.45, 7) is 3.13. The minimum absolute atomic E-state index is 0.0911. The molecule has 40 heavy (non-hydrogen) atoms. The van der Waals surface area contributed by atoms with Crippen LogP contribution in [-0.2, 0) is 6.61 Å². The van der Waals surface area contributed by atoms with Crippen molar-refractivity contribution in [3.05, 3.63) is 53.3 Å². The number of halogens is 3. The minimum atomic E-state index is -4.82. The summed E-state index contributed by atoms with van der Waals surface area (Å²) in [6, 6.07) is 6.72. The smallest absolute Gasteiger partial charge is 0.429 e. The van der Waals surface area contributed by atoms with E-state index in [1.54, 1.807) is 13.0 Å². The molecule has 0 amide bonds. The maximum Gasteiger partial charge on any atom is 0.429 e. The van der Waals surface area contributed by atoms with Gasteiger partial charge in [0.1, 0.15) is 5.82 Å². The molecule has 14 heteroatoms. The van der Waals surface area contributed by atoms with Crippen molar-refractivity contribution in [2.75, 3.05) is 30.3 Å². The SMILES string of the molecule is Cc1ccn(-c2cc(CO)ccc2[C@@H](Oc2cc(N3CCC4(CC3)CN[C@H](C(O)O)C4)nc(N)n2)C(F)(F)F)n1. The number of anilines is 2. The Labute approximate surface area is 228 Å². The molecular formula is C26H32F3N7O4. The number of hydrogen-bond donors (Lipinski definition) is 5. The molecular weight excluding hydrogens is 531 g/mol. The second kappa shape index (κ2) is 10.8. The van der Waals surface area contributed by atoms with Crippen molar-refractivity contribution in [3.8, 4) is 11.6 Å². The first kappa shape index (κ1) is 28.1. The number of alkyl halides is 3. The van der Waals surface area contributed by atoms with Crippen molar-refractivity contribution in [1.82, 2.24) is 25.1 Å². The predicted molar refractivity (Wildman–Crippen MR) is 139 cm³/mol. The van der Waals surface area contributed by atoms with E-state index in [9.17, 15) is 28.5 Å². The zero-order valence-corrected chi connectivity index (χ0v) is 21.8. The van der Waals surface area contributed by atoms with Crippen LogP contribution in [0, 0.1) is 12.3 Å². The molecule has 2 aliphatic heterocycles. The van der Waals surface area contributed by atoms with Crippen LogP contribution in [0.5, 0.6) is 5.88 Å². The van der Waals surface area contributed by atoms with Gasteiger partial charge in [0.05, 0.1) is 24.0 Å². The van der Waals surface area contributed by atoms with Crippen molar-refractivity contribution in [3.63, 3.8) is 0 Å². The van der Waals surface area contributed by atoms with Gasteiger partial charge in [-0.25, -0.2) is 4.68 Å². The molecule has 6 N–H and O–H groups in total. The van der Waals surface area contributed by atoms with Gasteiger partial charge >= 0.3 is 6.18 Å². The van der Waals surface area contributed by atoms with Crippen LogP contribution in [0.1, 0.15) is 42.2 Å². The molecule has 0 aliphatic carbocycles. The Morgan fingerprint density at radius 3 is 2.52 bits per heavy atom. The molecule has 11 nitrogen and oxygen atoms in total. The Morgan fingerprint density at radius 2 is 1.93 bits per heavy atom. The van der Waals surface area contributed by atoms with E-state index in [1.807, 2.05) is 4.90 Å². The lowest BCUT2D eigenvalue weighted by molar-refractivity contribution is -0.198. The summed E-state index contributed by atoms with van der Waals surface area (Å²) in [6.07, 6.45) is -5.03. The van der Waals surface area contributed by atoms with E-state index in [2.05, 4.69) is 20.4 Å². The fourth-order valence-electron chi connectivity index (χ4n) is 5.50. The standard InChI is InChI=1S/C26H32F3N7O4/c1-15-4-7-36(34-15)19-10-16(13-37)2-3-17(19)22(26(27,28)29)40-21-11-20(32-24(30)33-21)35-8-5-25(6-9-35)12-18(23(38)39)31-14-25/h2-4,7,10-11,18,22-23,31,37-39H,5-6,8-9,12-14H2,1H3,(H2,30,32,33)/t18-,22+/m0/s1. The van der Waals surface area contributed by atoms with Crippen LogP contribution < -0.4 is 20.7 Å². The largest absolute Gasteiger partial charge is 0.459 e. The van der Waals surface area contributed by atoms with Gasteiger partial charge in [-0.05, 0) is 49.3 Å². The highest BCUT2D eigenvalue weighted by molar-refractivity contribution is 5.48. The Kier molecular flexibility index (Phi) is 7.61. The van der Waals surface area contributed by atoms with E-state index >= 15 is 0 Å². The first-order valence-corrected chi connectivity index (χ1v) is 13.0. The molecule has 0 unspecified atom stereocenters. The molecule has 1 spiro atoms. The first-order valence-electron chi connectivity index (χ1n) is 13.0. The maximum absolute atomic E-state index is 14.5. The van der Waals surface area contributed by atoms with Crippen molar-refractivity contribution < 1.29 is 33.2 Å². The molecule has 0 bridgehead atoms. The molecule has 5 rings (SSSR count). The Hall–Kier alpha value is -3.46. The number of aromatic nitrogens is 4. The number of aryl methyl sites for hydroxylation is 1. The van der Waals surface area contributed by atoms with Crippen molar-refractivity contribution in [1.29, 1.82) is 0 Å². The lowest BCUT2D eigenvalue weighted by Crippen LogP contribution is -2.41. The molecule has 0 saturated carbocycles. The molecule has 2 aliphatic rings. The monoisotopic (exact) mass is 563 g/mol. The first-order chi connectivity index (χ1) is 19.0. The van der Waals surface area contributed by atoms with Gasteiger partial charge in [-0.3, -0.25) is 0 Å². The van der Waals surface area contributed by atoms with E-state index in [4.69, 9.17) is 10.5 Å². The van der Waals surface area contributed by atoms with E-state index in [1.165, 1.54) is 35.1 Å². The number of benzene rings is 1. The van der Waals surface area contributed by atoms with Gasteiger partial charge in [-0.15, -0.1) is 0 Å². The van der Waals surface area contributed by atoms with E-state index in [-0.39, 0.29) is 41.1 Å². The number of nitrogens with zero attached hydrogens (tertiary/aromatic N) is 5. The van der Waals surface area contributed by atoms with Crippen molar-refractivity contribution >= 4 is 11.8 Å². The van der Waals surface area contributed by atoms with E-state index in [0.29, 0.717) is 43.1 Å². The molecule has 2 fully saturated rings. The van der Waals surface area contributed by atoms with Crippen LogP contribution in [0.25, 0.3) is 5.69 Å². The van der Waals surface area contributed by atoms with Gasteiger partial charge in [0.15, 0.2) is 6.29 Å². The molecule has 4 heterocycles. The number of rotatable bonds is 7. The van der Waals surface area contributed by atoms with E-state index < -0.39 is 18.6 Å². The van der Waals surface area contributed by atoms with Crippen LogP contribution in [0.2, 0.25) is 0 Å². The van der Waals surface area contributed by atoms with Crippen molar-refractivity contribution in [2.24, 2.45) is 5.41 Å². The summed E-state index contributed by atoms with van der Waals surface area (Å²) in [5, 5.41) is 36.0. The number of aliphatic hydroxyl groups excluding tert-OH is 2. The molecule has 0 radical (unpaired) electrons. The fourth-order valence-corrected chi connectivity index (χ4v) is 5.50. The number of nitrogens with two attached hydrogens (primary N) is 1. The molecule has 216 valence electrons. The minimum Gasteiger partial charge on any atom is -0.459 e.